The van der Waals surface area contributed by atoms with E-state index in [2.05, 4.69) is 14.8 Å². The van der Waals surface area contributed by atoms with Gasteiger partial charge >= 0.3 is 0 Å². The molecule has 0 saturated heterocycles. The van der Waals surface area contributed by atoms with E-state index in [1.807, 2.05) is 80.7 Å². The summed E-state index contributed by atoms with van der Waals surface area (Å²) in [5.74, 6) is 0.663. The van der Waals surface area contributed by atoms with Gasteiger partial charge in [0.05, 0.1) is 11.8 Å². The van der Waals surface area contributed by atoms with E-state index in [1.165, 1.54) is 23.9 Å². The van der Waals surface area contributed by atoms with E-state index >= 15 is 0 Å². The van der Waals surface area contributed by atoms with Crippen LogP contribution in [0, 0.1) is 19.7 Å². The molecule has 176 valence electrons. The van der Waals surface area contributed by atoms with Gasteiger partial charge < -0.3 is 4.57 Å². The van der Waals surface area contributed by atoms with Gasteiger partial charge in [-0.1, -0.05) is 30.0 Å². The Hall–Kier alpha value is -3.23. The Morgan fingerprint density at radius 3 is 2.29 bits per heavy atom. The van der Waals surface area contributed by atoms with E-state index < -0.39 is 0 Å². The molecule has 34 heavy (non-hydrogen) atoms. The lowest BCUT2D eigenvalue weighted by Crippen LogP contribution is -2.20. The first-order valence-corrected chi connectivity index (χ1v) is 12.0. The Morgan fingerprint density at radius 2 is 1.65 bits per heavy atom. The summed E-state index contributed by atoms with van der Waals surface area (Å²) in [4.78, 5) is 15.3. The van der Waals surface area contributed by atoms with Gasteiger partial charge in [0.25, 0.3) is 0 Å². The summed E-state index contributed by atoms with van der Waals surface area (Å²) in [6.45, 7) is 6.00. The molecule has 0 amide bonds. The molecule has 4 rings (SSSR count). The van der Waals surface area contributed by atoms with Crippen LogP contribution in [0.1, 0.15) is 40.5 Å². The Kier molecular flexibility index (Phi) is 7.00. The summed E-state index contributed by atoms with van der Waals surface area (Å²) >= 11 is 1.34. The number of thioether (sulfide) groups is 1. The number of ketones is 1. The molecule has 1 atom stereocenters. The summed E-state index contributed by atoms with van der Waals surface area (Å²) in [7, 11) is 3.93. The summed E-state index contributed by atoms with van der Waals surface area (Å²) in [5.41, 5.74) is 4.41. The van der Waals surface area contributed by atoms with Crippen LogP contribution in [0.5, 0.6) is 0 Å². The monoisotopic (exact) mass is 477 g/mol. The van der Waals surface area contributed by atoms with Gasteiger partial charge in [-0.3, -0.25) is 14.3 Å². The standard InChI is InChI=1S/C26H28FN5OS/c1-17-15-23(18(2)31(17)21-9-7-6-8-10-21)24(33)16-34-26-29-28-25(19(3)30(4)5)32(26)22-13-11-20(27)12-14-22/h6-15,19H,16H2,1-5H3/t19-/m0/s1. The van der Waals surface area contributed by atoms with Gasteiger partial charge in [-0.15, -0.1) is 10.2 Å². The average molecular weight is 478 g/mol. The van der Waals surface area contributed by atoms with Crippen molar-refractivity contribution in [2.24, 2.45) is 0 Å². The number of para-hydroxylation sites is 1. The SMILES string of the molecule is Cc1cc(C(=O)CSc2nnc([C@H](C)N(C)C)n2-c2ccc(F)cc2)c(C)n1-c1ccccc1. The topological polar surface area (TPSA) is 56.0 Å². The molecular weight excluding hydrogens is 449 g/mol. The molecule has 2 heterocycles. The van der Waals surface area contributed by atoms with E-state index in [0.717, 1.165) is 28.6 Å². The van der Waals surface area contributed by atoms with E-state index in [1.54, 1.807) is 12.1 Å². The smallest absolute Gasteiger partial charge is 0.196 e. The van der Waals surface area contributed by atoms with E-state index in [0.29, 0.717) is 10.7 Å². The molecular formula is C26H28FN5OS. The highest BCUT2D eigenvalue weighted by molar-refractivity contribution is 7.99. The first-order chi connectivity index (χ1) is 16.3. The zero-order valence-corrected chi connectivity index (χ0v) is 20.8. The van der Waals surface area contributed by atoms with Gasteiger partial charge in [0.2, 0.25) is 0 Å². The van der Waals surface area contributed by atoms with Crippen LogP contribution in [0.25, 0.3) is 11.4 Å². The van der Waals surface area contributed by atoms with Crippen LogP contribution >= 0.6 is 11.8 Å². The minimum Gasteiger partial charge on any atom is -0.318 e. The van der Waals surface area contributed by atoms with Gasteiger partial charge in [0.1, 0.15) is 5.82 Å². The third-order valence-corrected chi connectivity index (χ3v) is 6.90. The average Bonchev–Trinajstić information content (AvgIpc) is 3.38. The molecule has 8 heteroatoms. The van der Waals surface area contributed by atoms with Crippen molar-refractivity contribution in [3.63, 3.8) is 0 Å². The fourth-order valence-corrected chi connectivity index (χ4v) is 4.78. The van der Waals surface area contributed by atoms with Crippen LogP contribution in [-0.4, -0.2) is 49.9 Å². The minimum absolute atomic E-state index is 0.0209. The van der Waals surface area contributed by atoms with Crippen molar-refractivity contribution in [3.8, 4) is 11.4 Å². The third kappa shape index (κ3) is 4.69. The Balaban J connectivity index is 1.62. The number of hydrogen-bond acceptors (Lipinski definition) is 5. The molecule has 0 aliphatic rings. The molecule has 2 aromatic heterocycles. The molecule has 0 bridgehead atoms. The number of Topliss-reactive ketones (excluding diaryl/α,β-unsaturated/α-hetero) is 1. The number of rotatable bonds is 8. The summed E-state index contributed by atoms with van der Waals surface area (Å²) in [6.07, 6.45) is 0. The highest BCUT2D eigenvalue weighted by atomic mass is 32.2. The molecule has 0 unspecified atom stereocenters. The summed E-state index contributed by atoms with van der Waals surface area (Å²) < 4.78 is 17.5. The molecule has 0 fully saturated rings. The van der Waals surface area contributed by atoms with Crippen LogP contribution in [-0.2, 0) is 0 Å². The molecule has 0 N–H and O–H groups in total. The number of aryl methyl sites for hydroxylation is 1. The molecule has 2 aromatic carbocycles. The third-order valence-electron chi connectivity index (χ3n) is 5.97. The largest absolute Gasteiger partial charge is 0.318 e. The maximum Gasteiger partial charge on any atom is 0.196 e. The van der Waals surface area contributed by atoms with Crippen molar-refractivity contribution in [3.05, 3.63) is 89.3 Å². The number of benzene rings is 2. The Labute approximate surface area is 203 Å². The van der Waals surface area contributed by atoms with Crippen molar-refractivity contribution in [2.45, 2.75) is 32.0 Å². The van der Waals surface area contributed by atoms with Crippen molar-refractivity contribution >= 4 is 17.5 Å². The fraction of sp³-hybridized carbons (Fsp3) is 0.269. The zero-order valence-electron chi connectivity index (χ0n) is 20.0. The van der Waals surface area contributed by atoms with Gasteiger partial charge in [-0.2, -0.15) is 0 Å². The van der Waals surface area contributed by atoms with Gasteiger partial charge in [-0.25, -0.2) is 4.39 Å². The van der Waals surface area contributed by atoms with Crippen molar-refractivity contribution in [1.82, 2.24) is 24.2 Å². The fourth-order valence-electron chi connectivity index (χ4n) is 3.94. The van der Waals surface area contributed by atoms with Crippen molar-refractivity contribution < 1.29 is 9.18 Å². The van der Waals surface area contributed by atoms with Crippen molar-refractivity contribution in [1.29, 1.82) is 0 Å². The predicted molar refractivity (Wildman–Crippen MR) is 134 cm³/mol. The van der Waals surface area contributed by atoms with Crippen LogP contribution < -0.4 is 0 Å². The predicted octanol–water partition coefficient (Wildman–Crippen LogP) is 5.41. The maximum absolute atomic E-state index is 13.6. The molecule has 0 aliphatic heterocycles. The number of nitrogens with zero attached hydrogens (tertiary/aromatic N) is 5. The lowest BCUT2D eigenvalue weighted by molar-refractivity contribution is 0.102. The Bertz CT molecular complexity index is 1290. The molecule has 6 nitrogen and oxygen atoms in total. The summed E-state index contributed by atoms with van der Waals surface area (Å²) in [6, 6.07) is 18.2. The summed E-state index contributed by atoms with van der Waals surface area (Å²) in [5, 5.41) is 9.38. The number of aromatic nitrogens is 4. The highest BCUT2D eigenvalue weighted by Gasteiger charge is 2.23. The van der Waals surface area contributed by atoms with E-state index in [9.17, 15) is 9.18 Å². The van der Waals surface area contributed by atoms with Gasteiger partial charge in [-0.05, 0) is 77.3 Å². The van der Waals surface area contributed by atoms with Gasteiger partial charge in [0, 0.05) is 28.3 Å². The Morgan fingerprint density at radius 1 is 1.00 bits per heavy atom. The van der Waals surface area contributed by atoms with Crippen LogP contribution in [0.15, 0.2) is 65.8 Å². The first kappa shape index (κ1) is 23.9. The first-order valence-electron chi connectivity index (χ1n) is 11.1. The second-order valence-corrected chi connectivity index (χ2v) is 9.40. The second-order valence-electron chi connectivity index (χ2n) is 8.46. The van der Waals surface area contributed by atoms with Crippen molar-refractivity contribution in [2.75, 3.05) is 19.8 Å². The number of hydrogen-bond donors (Lipinski definition) is 0. The number of halogens is 1. The molecule has 0 aliphatic carbocycles. The highest BCUT2D eigenvalue weighted by Crippen LogP contribution is 2.28. The lowest BCUT2D eigenvalue weighted by atomic mass is 10.2. The van der Waals surface area contributed by atoms with Crippen LogP contribution in [0.4, 0.5) is 4.39 Å². The second kappa shape index (κ2) is 9.95. The minimum atomic E-state index is -0.308. The van der Waals surface area contributed by atoms with E-state index in [-0.39, 0.29) is 23.4 Å². The van der Waals surface area contributed by atoms with Gasteiger partial charge in [0.15, 0.2) is 16.8 Å². The normalized spacial score (nSPS) is 12.3. The number of carbonyl (C=O) groups excluding carboxylic acids is 1. The molecule has 0 radical (unpaired) electrons. The van der Waals surface area contributed by atoms with E-state index in [4.69, 9.17) is 0 Å². The molecule has 4 aromatic rings. The molecule has 0 saturated carbocycles. The lowest BCUT2D eigenvalue weighted by Gasteiger charge is -2.20. The number of carbonyl (C=O) groups is 1. The van der Waals surface area contributed by atoms with Crippen LogP contribution in [0.2, 0.25) is 0 Å². The quantitative estimate of drug-likeness (QED) is 0.251. The molecule has 0 spiro atoms. The maximum atomic E-state index is 13.6. The van der Waals surface area contributed by atoms with Crippen LogP contribution in [0.3, 0.4) is 0 Å². The zero-order chi connectivity index (χ0) is 24.4.